The van der Waals surface area contributed by atoms with Gasteiger partial charge in [0.05, 0.1) is 11.2 Å². The molecule has 3 rings (SSSR count). The molecule has 0 atom stereocenters. The van der Waals surface area contributed by atoms with Gasteiger partial charge in [0.15, 0.2) is 0 Å². The van der Waals surface area contributed by atoms with Crippen molar-refractivity contribution in [2.75, 3.05) is 15.8 Å². The Bertz CT molecular complexity index is 891. The van der Waals surface area contributed by atoms with Crippen LogP contribution in [0.3, 0.4) is 0 Å². The molecule has 0 radical (unpaired) electrons. The van der Waals surface area contributed by atoms with Gasteiger partial charge in [-0.05, 0) is 61.7 Å². The van der Waals surface area contributed by atoms with Crippen molar-refractivity contribution in [3.63, 3.8) is 0 Å². The van der Waals surface area contributed by atoms with Crippen molar-refractivity contribution in [2.45, 2.75) is 25.2 Å². The van der Waals surface area contributed by atoms with Crippen molar-refractivity contribution in [1.29, 1.82) is 0 Å². The number of rotatable bonds is 6. The fraction of sp³-hybridized carbons (Fsp3) is 0.278. The van der Waals surface area contributed by atoms with Gasteiger partial charge in [-0.2, -0.15) is 0 Å². The molecule has 132 valence electrons. The van der Waals surface area contributed by atoms with Crippen LogP contribution >= 0.6 is 11.6 Å². The van der Waals surface area contributed by atoms with Crippen LogP contribution < -0.4 is 10.0 Å². The zero-order valence-electron chi connectivity index (χ0n) is 13.8. The first-order valence-corrected chi connectivity index (χ1v) is 10.1. The van der Waals surface area contributed by atoms with Gasteiger partial charge in [-0.1, -0.05) is 23.7 Å². The molecule has 5 nitrogen and oxygen atoms in total. The Hall–Kier alpha value is -2.05. The summed E-state index contributed by atoms with van der Waals surface area (Å²) in [5.74, 6) is -0.0650. The minimum absolute atomic E-state index is 0.00758. The second-order valence-electron chi connectivity index (χ2n) is 6.13. The molecule has 0 spiro atoms. The van der Waals surface area contributed by atoms with Crippen LogP contribution in [0.25, 0.3) is 0 Å². The monoisotopic (exact) mass is 378 g/mol. The van der Waals surface area contributed by atoms with Gasteiger partial charge in [0.1, 0.15) is 0 Å². The molecular weight excluding hydrogens is 360 g/mol. The predicted octanol–water partition coefficient (Wildman–Crippen LogP) is 3.77. The van der Waals surface area contributed by atoms with E-state index in [0.717, 1.165) is 18.4 Å². The van der Waals surface area contributed by atoms with E-state index >= 15 is 0 Å². The van der Waals surface area contributed by atoms with Gasteiger partial charge in [0.2, 0.25) is 15.9 Å². The average Bonchev–Trinajstić information content (AvgIpc) is 3.38. The van der Waals surface area contributed by atoms with Crippen LogP contribution in [-0.2, 0) is 20.2 Å². The summed E-state index contributed by atoms with van der Waals surface area (Å²) in [6.45, 7) is 1.57. The highest BCUT2D eigenvalue weighted by molar-refractivity contribution is 7.92. The molecule has 2 N–H and O–H groups in total. The van der Waals surface area contributed by atoms with E-state index in [1.54, 1.807) is 37.3 Å². The summed E-state index contributed by atoms with van der Waals surface area (Å²) in [6.07, 6.45) is 1.57. The molecule has 1 saturated carbocycles. The molecule has 0 aromatic heterocycles. The number of halogens is 1. The Morgan fingerprint density at radius 2 is 1.76 bits per heavy atom. The van der Waals surface area contributed by atoms with Gasteiger partial charge in [-0.25, -0.2) is 8.42 Å². The summed E-state index contributed by atoms with van der Waals surface area (Å²) in [7, 11) is -3.31. The van der Waals surface area contributed by atoms with Gasteiger partial charge in [0.25, 0.3) is 0 Å². The fourth-order valence-corrected chi connectivity index (χ4v) is 3.51. The van der Waals surface area contributed by atoms with Gasteiger partial charge >= 0.3 is 0 Å². The highest BCUT2D eigenvalue weighted by atomic mass is 35.5. The van der Waals surface area contributed by atoms with Crippen LogP contribution in [-0.4, -0.2) is 20.1 Å². The summed E-state index contributed by atoms with van der Waals surface area (Å²) in [4.78, 5) is 12.7. The minimum Gasteiger partial charge on any atom is -0.325 e. The lowest BCUT2D eigenvalue weighted by Gasteiger charge is -2.16. The van der Waals surface area contributed by atoms with Crippen molar-refractivity contribution >= 4 is 38.9 Å². The van der Waals surface area contributed by atoms with Crippen LogP contribution in [0.5, 0.6) is 0 Å². The predicted molar refractivity (Wildman–Crippen MR) is 101 cm³/mol. The standard InChI is InChI=1S/C18H19ClN2O3S/c1-2-25(23,24)21-16-8-6-15(7-9-16)20-17(22)18(10-11-18)13-4-3-5-14(19)12-13/h3-9,12,21H,2,10-11H2,1H3,(H,20,22). The molecule has 0 unspecified atom stereocenters. The number of hydrogen-bond donors (Lipinski definition) is 2. The van der Waals surface area contributed by atoms with Crippen molar-refractivity contribution in [1.82, 2.24) is 0 Å². The molecule has 0 heterocycles. The van der Waals surface area contributed by atoms with Crippen LogP contribution in [0, 0.1) is 0 Å². The van der Waals surface area contributed by atoms with Crippen molar-refractivity contribution in [3.05, 3.63) is 59.1 Å². The molecule has 1 amide bonds. The minimum atomic E-state index is -3.31. The number of hydrogen-bond acceptors (Lipinski definition) is 3. The number of anilines is 2. The Morgan fingerprint density at radius 3 is 2.32 bits per heavy atom. The van der Waals surface area contributed by atoms with Crippen LogP contribution in [0.4, 0.5) is 11.4 Å². The van der Waals surface area contributed by atoms with Crippen molar-refractivity contribution < 1.29 is 13.2 Å². The summed E-state index contributed by atoms with van der Waals surface area (Å²) in [6, 6.07) is 14.0. The molecular formula is C18H19ClN2O3S. The molecule has 25 heavy (non-hydrogen) atoms. The number of sulfonamides is 1. The number of benzene rings is 2. The van der Waals surface area contributed by atoms with Gasteiger partial charge in [-0.3, -0.25) is 9.52 Å². The second kappa shape index (κ2) is 6.69. The maximum Gasteiger partial charge on any atom is 0.235 e. The lowest BCUT2D eigenvalue weighted by atomic mass is 9.95. The molecule has 1 aliphatic carbocycles. The van der Waals surface area contributed by atoms with E-state index in [4.69, 9.17) is 11.6 Å². The number of carbonyl (C=O) groups excluding carboxylic acids is 1. The smallest absolute Gasteiger partial charge is 0.235 e. The fourth-order valence-electron chi connectivity index (χ4n) is 2.68. The van der Waals surface area contributed by atoms with Crippen molar-refractivity contribution in [2.24, 2.45) is 0 Å². The lowest BCUT2D eigenvalue weighted by molar-refractivity contribution is -0.118. The van der Waals surface area contributed by atoms with E-state index < -0.39 is 15.4 Å². The second-order valence-corrected chi connectivity index (χ2v) is 8.58. The topological polar surface area (TPSA) is 75.3 Å². The first-order chi connectivity index (χ1) is 11.8. The van der Waals surface area contributed by atoms with E-state index in [1.807, 2.05) is 18.2 Å². The quantitative estimate of drug-likeness (QED) is 0.803. The Balaban J connectivity index is 1.71. The van der Waals surface area contributed by atoms with E-state index in [2.05, 4.69) is 10.0 Å². The van der Waals surface area contributed by atoms with Crippen LogP contribution in [0.15, 0.2) is 48.5 Å². The Kier molecular flexibility index (Phi) is 4.75. The normalized spacial score (nSPS) is 15.4. The molecule has 7 heteroatoms. The third-order valence-electron chi connectivity index (χ3n) is 4.36. The highest BCUT2D eigenvalue weighted by Gasteiger charge is 2.51. The summed E-state index contributed by atoms with van der Waals surface area (Å²) >= 11 is 6.04. The van der Waals surface area contributed by atoms with Crippen molar-refractivity contribution in [3.8, 4) is 0 Å². The molecule has 0 saturated heterocycles. The molecule has 0 aliphatic heterocycles. The first kappa shape index (κ1) is 17.8. The average molecular weight is 379 g/mol. The SMILES string of the molecule is CCS(=O)(=O)Nc1ccc(NC(=O)C2(c3cccc(Cl)c3)CC2)cc1. The lowest BCUT2D eigenvalue weighted by Crippen LogP contribution is -2.27. The third-order valence-corrected chi connectivity index (χ3v) is 5.90. The number of amides is 1. The summed E-state index contributed by atoms with van der Waals surface area (Å²) in [5.41, 5.74) is 1.49. The van der Waals surface area contributed by atoms with Crippen LogP contribution in [0.2, 0.25) is 5.02 Å². The molecule has 1 aliphatic rings. The van der Waals surface area contributed by atoms with E-state index in [-0.39, 0.29) is 11.7 Å². The Labute approximate surface area is 152 Å². The number of carbonyl (C=O) groups is 1. The van der Waals surface area contributed by atoms with Gasteiger partial charge in [-0.15, -0.1) is 0 Å². The zero-order valence-corrected chi connectivity index (χ0v) is 15.3. The summed E-state index contributed by atoms with van der Waals surface area (Å²) in [5, 5.41) is 3.52. The number of nitrogens with one attached hydrogen (secondary N) is 2. The highest BCUT2D eigenvalue weighted by Crippen LogP contribution is 2.49. The van der Waals surface area contributed by atoms with E-state index in [1.165, 1.54) is 0 Å². The van der Waals surface area contributed by atoms with E-state index in [0.29, 0.717) is 16.4 Å². The van der Waals surface area contributed by atoms with Gasteiger partial charge < -0.3 is 5.32 Å². The van der Waals surface area contributed by atoms with E-state index in [9.17, 15) is 13.2 Å². The third kappa shape index (κ3) is 3.96. The van der Waals surface area contributed by atoms with Gasteiger partial charge in [0, 0.05) is 16.4 Å². The first-order valence-electron chi connectivity index (χ1n) is 8.03. The maximum atomic E-state index is 12.7. The molecule has 2 aromatic carbocycles. The summed E-state index contributed by atoms with van der Waals surface area (Å²) < 4.78 is 25.6. The maximum absolute atomic E-state index is 12.7. The Morgan fingerprint density at radius 1 is 1.12 bits per heavy atom. The molecule has 2 aromatic rings. The van der Waals surface area contributed by atoms with Crippen LogP contribution in [0.1, 0.15) is 25.3 Å². The molecule has 0 bridgehead atoms. The molecule has 1 fully saturated rings. The zero-order chi connectivity index (χ0) is 18.1. The largest absolute Gasteiger partial charge is 0.325 e.